The van der Waals surface area contributed by atoms with Gasteiger partial charge in [-0.2, -0.15) is 0 Å². The van der Waals surface area contributed by atoms with E-state index in [1.54, 1.807) is 6.92 Å². The normalized spacial score (nSPS) is 31.0. The van der Waals surface area contributed by atoms with Crippen LogP contribution in [0.15, 0.2) is 34.8 Å². The van der Waals surface area contributed by atoms with Crippen molar-refractivity contribution in [3.8, 4) is 5.75 Å². The zero-order chi connectivity index (χ0) is 30.8. The lowest BCUT2D eigenvalue weighted by atomic mass is 9.55. The number of nitrogens with one attached hydrogen (secondary N) is 2. The molecule has 5 rings (SSSR count). The Kier molecular flexibility index (Phi) is 7.42. The third-order valence-electron chi connectivity index (χ3n) is 9.35. The lowest BCUT2D eigenvalue weighted by molar-refractivity contribution is -0.162. The Morgan fingerprint density at radius 2 is 1.81 bits per heavy atom. The number of phenolic OH excluding ortho intramolecular Hbond substituents is 1. The maximum atomic E-state index is 13.9. The van der Waals surface area contributed by atoms with Crippen molar-refractivity contribution in [2.24, 2.45) is 23.5 Å². The fraction of sp³-hybridized carbons (Fsp3) is 0.517. The summed E-state index contributed by atoms with van der Waals surface area (Å²) in [5.74, 6) is -9.63. The summed E-state index contributed by atoms with van der Waals surface area (Å²) in [6, 6.07) is 1.62. The first kappa shape index (κ1) is 29.7. The number of aromatic hydroxyl groups is 1. The number of aliphatic hydroxyl groups is 4. The van der Waals surface area contributed by atoms with Crippen molar-refractivity contribution < 1.29 is 44.7 Å². The number of nitrogens with two attached hydrogens (primary N) is 1. The molecule has 9 N–H and O–H groups in total. The van der Waals surface area contributed by atoms with E-state index in [4.69, 9.17) is 5.73 Å². The summed E-state index contributed by atoms with van der Waals surface area (Å²) in [5, 5.41) is 62.5. The van der Waals surface area contributed by atoms with E-state index >= 15 is 0 Å². The molecule has 0 spiro atoms. The zero-order valence-electron chi connectivity index (χ0n) is 23.5. The van der Waals surface area contributed by atoms with Crippen molar-refractivity contribution in [3.63, 3.8) is 0 Å². The molecule has 6 atom stereocenters. The molecule has 1 fully saturated rings. The van der Waals surface area contributed by atoms with Gasteiger partial charge >= 0.3 is 0 Å². The highest BCUT2D eigenvalue weighted by Crippen LogP contribution is 2.56. The van der Waals surface area contributed by atoms with Crippen LogP contribution in [-0.2, 0) is 14.4 Å². The van der Waals surface area contributed by atoms with E-state index in [-0.39, 0.29) is 17.8 Å². The summed E-state index contributed by atoms with van der Waals surface area (Å²) in [6.07, 6.45) is 1.71. The minimum atomic E-state index is -2.99. The lowest BCUT2D eigenvalue weighted by Gasteiger charge is -2.53. The summed E-state index contributed by atoms with van der Waals surface area (Å²) in [7, 11) is 2.94. The van der Waals surface area contributed by atoms with Gasteiger partial charge in [-0.25, -0.2) is 0 Å². The first-order valence-electron chi connectivity index (χ1n) is 13.9. The molecule has 0 aliphatic heterocycles. The van der Waals surface area contributed by atoms with Crippen LogP contribution >= 0.6 is 0 Å². The second kappa shape index (κ2) is 10.5. The number of anilines is 1. The molecule has 4 aliphatic rings. The second-order valence-corrected chi connectivity index (χ2v) is 12.0. The number of fused-ring (bicyclic) bond motifs is 3. The molecule has 1 aromatic carbocycles. The summed E-state index contributed by atoms with van der Waals surface area (Å²) < 4.78 is 0. The molecule has 226 valence electrons. The standard InChI is InChI=1S/C29H36N4O9/c1-11-13-7-8-14(32-15(34)10-31-9-12-5-4-6-12)22(35)17(13)23(36)18-16(11)24(37)20-21(33(2)3)25(38)19(28(30)41)27(40)29(20,42)26(18)39/h7-8,11-12,16,20-21,24,31,35,37-39,42H,4-6,9-10H2,1-3H3,(H2,30,41)(H,32,34)/t11?,16?,20?,21-,24?,29-/m0/s1. The molecular formula is C29H36N4O9. The summed E-state index contributed by atoms with van der Waals surface area (Å²) in [5.41, 5.74) is 0.867. The highest BCUT2D eigenvalue weighted by molar-refractivity contribution is 6.25. The van der Waals surface area contributed by atoms with Crippen molar-refractivity contribution in [1.82, 2.24) is 10.2 Å². The number of hydrogen-bond acceptors (Lipinski definition) is 11. The van der Waals surface area contributed by atoms with Gasteiger partial charge in [0.1, 0.15) is 17.1 Å². The van der Waals surface area contributed by atoms with Crippen molar-refractivity contribution in [2.75, 3.05) is 32.5 Å². The van der Waals surface area contributed by atoms with Crippen LogP contribution in [0.1, 0.15) is 48.0 Å². The van der Waals surface area contributed by atoms with E-state index in [9.17, 15) is 44.7 Å². The minimum absolute atomic E-state index is 0.0102. The fourth-order valence-electron chi connectivity index (χ4n) is 7.00. The molecule has 4 aliphatic carbocycles. The molecule has 0 saturated heterocycles. The van der Waals surface area contributed by atoms with Crippen molar-refractivity contribution >= 4 is 29.1 Å². The van der Waals surface area contributed by atoms with Crippen molar-refractivity contribution in [2.45, 2.75) is 49.9 Å². The number of amides is 2. The Morgan fingerprint density at radius 1 is 1.14 bits per heavy atom. The first-order valence-corrected chi connectivity index (χ1v) is 13.9. The lowest BCUT2D eigenvalue weighted by Crippen LogP contribution is -2.68. The predicted molar refractivity (Wildman–Crippen MR) is 149 cm³/mol. The number of primary amides is 1. The van der Waals surface area contributed by atoms with E-state index < -0.39 is 87.3 Å². The largest absolute Gasteiger partial charge is 0.510 e. The molecule has 13 nitrogen and oxygen atoms in total. The highest BCUT2D eigenvalue weighted by atomic mass is 16.4. The van der Waals surface area contributed by atoms with Gasteiger partial charge < -0.3 is 41.9 Å². The van der Waals surface area contributed by atoms with Gasteiger partial charge in [0.15, 0.2) is 17.1 Å². The summed E-state index contributed by atoms with van der Waals surface area (Å²) in [4.78, 5) is 53.4. The Balaban J connectivity index is 1.56. The van der Waals surface area contributed by atoms with E-state index in [1.165, 1.54) is 37.5 Å². The van der Waals surface area contributed by atoms with Crippen LogP contribution in [0.5, 0.6) is 5.75 Å². The average Bonchev–Trinajstić information content (AvgIpc) is 2.88. The van der Waals surface area contributed by atoms with Crippen molar-refractivity contribution in [3.05, 3.63) is 45.9 Å². The Morgan fingerprint density at radius 3 is 2.38 bits per heavy atom. The molecule has 0 aromatic heterocycles. The number of carbonyl (C=O) groups is 4. The van der Waals surface area contributed by atoms with Crippen molar-refractivity contribution in [1.29, 1.82) is 0 Å². The number of Topliss-reactive ketones (excluding diaryl/α,β-unsaturated/α-hetero) is 2. The van der Waals surface area contributed by atoms with Crippen LogP contribution in [0.2, 0.25) is 0 Å². The molecule has 13 heteroatoms. The van der Waals surface area contributed by atoms with Crippen LogP contribution < -0.4 is 16.4 Å². The molecule has 0 heterocycles. The molecule has 4 unspecified atom stereocenters. The molecule has 2 amide bonds. The van der Waals surface area contributed by atoms with Gasteiger partial charge in [-0.1, -0.05) is 19.4 Å². The van der Waals surface area contributed by atoms with E-state index in [0.29, 0.717) is 18.0 Å². The maximum absolute atomic E-state index is 13.9. The molecule has 0 bridgehead atoms. The smallest absolute Gasteiger partial charge is 0.255 e. The predicted octanol–water partition coefficient (Wildman–Crippen LogP) is -0.0194. The van der Waals surface area contributed by atoms with Gasteiger partial charge in [-0.15, -0.1) is 0 Å². The Bertz CT molecular complexity index is 1450. The quantitative estimate of drug-likeness (QED) is 0.157. The number of phenols is 1. The number of aliphatic hydroxyl groups excluding tert-OH is 3. The topological polar surface area (TPSA) is 223 Å². The Labute approximate surface area is 241 Å². The monoisotopic (exact) mass is 584 g/mol. The third-order valence-corrected chi connectivity index (χ3v) is 9.35. The van der Waals surface area contributed by atoms with Gasteiger partial charge in [0, 0.05) is 11.5 Å². The summed E-state index contributed by atoms with van der Waals surface area (Å²) >= 11 is 0. The number of rotatable bonds is 7. The minimum Gasteiger partial charge on any atom is -0.510 e. The number of benzene rings is 1. The van der Waals surface area contributed by atoms with E-state index in [1.807, 2.05) is 0 Å². The van der Waals surface area contributed by atoms with Crippen LogP contribution in [0, 0.1) is 17.8 Å². The fourth-order valence-corrected chi connectivity index (χ4v) is 7.00. The van der Waals surface area contributed by atoms with Gasteiger partial charge in [-0.05, 0) is 56.9 Å². The van der Waals surface area contributed by atoms with E-state index in [2.05, 4.69) is 10.6 Å². The molecule has 0 radical (unpaired) electrons. The maximum Gasteiger partial charge on any atom is 0.255 e. The van der Waals surface area contributed by atoms with Gasteiger partial charge in [-0.3, -0.25) is 24.1 Å². The van der Waals surface area contributed by atoms with Crippen LogP contribution in [0.4, 0.5) is 5.69 Å². The molecular weight excluding hydrogens is 548 g/mol. The third kappa shape index (κ3) is 4.22. The number of ketones is 2. The summed E-state index contributed by atoms with van der Waals surface area (Å²) in [6.45, 7) is 2.32. The number of carbonyl (C=O) groups excluding carboxylic acids is 4. The number of hydrogen-bond donors (Lipinski definition) is 8. The van der Waals surface area contributed by atoms with Gasteiger partial charge in [0.2, 0.25) is 11.7 Å². The van der Waals surface area contributed by atoms with E-state index in [0.717, 1.165) is 12.8 Å². The Hall–Kier alpha value is -3.78. The average molecular weight is 585 g/mol. The highest BCUT2D eigenvalue weighted by Gasteiger charge is 2.67. The van der Waals surface area contributed by atoms with Crippen LogP contribution in [0.3, 0.4) is 0 Å². The molecule has 1 saturated carbocycles. The van der Waals surface area contributed by atoms with Crippen LogP contribution in [-0.4, -0.2) is 98.7 Å². The SMILES string of the molecule is CC1c2ccc(NC(=O)CNCC3CCC3)c(O)c2C(=O)C2=C(O)[C@]3(O)C(=O)C(C(N)=O)=C(O)[C@@H](N(C)C)C3C(O)C21. The molecule has 42 heavy (non-hydrogen) atoms. The zero-order valence-corrected chi connectivity index (χ0v) is 23.5. The van der Waals surface area contributed by atoms with Gasteiger partial charge in [0.25, 0.3) is 5.91 Å². The molecule has 1 aromatic rings. The number of nitrogens with zero attached hydrogens (tertiary/aromatic N) is 1. The van der Waals surface area contributed by atoms with Gasteiger partial charge in [0.05, 0.1) is 35.9 Å². The number of likely N-dealkylation sites (N-methyl/N-ethyl adjacent to an activating group) is 1. The first-order chi connectivity index (χ1) is 19.7. The van der Waals surface area contributed by atoms with Crippen LogP contribution in [0.25, 0.3) is 0 Å². The second-order valence-electron chi connectivity index (χ2n) is 12.0.